The zero-order valence-corrected chi connectivity index (χ0v) is 16.9. The van der Waals surface area contributed by atoms with Crippen LogP contribution in [0.5, 0.6) is 0 Å². The minimum Gasteiger partial charge on any atom is -0.349 e. The first-order valence-corrected chi connectivity index (χ1v) is 10.3. The van der Waals surface area contributed by atoms with E-state index in [0.29, 0.717) is 29.7 Å². The number of likely N-dealkylation sites (tertiary alicyclic amines) is 1. The van der Waals surface area contributed by atoms with Crippen LogP contribution in [0.1, 0.15) is 34.0 Å². The predicted octanol–water partition coefficient (Wildman–Crippen LogP) is 3.20. The Balaban J connectivity index is 1.23. The van der Waals surface area contributed by atoms with E-state index in [1.165, 1.54) is 5.56 Å². The van der Waals surface area contributed by atoms with Crippen LogP contribution in [0.15, 0.2) is 60.8 Å². The van der Waals surface area contributed by atoms with Crippen LogP contribution >= 0.6 is 11.6 Å². The molecule has 150 valence electrons. The van der Waals surface area contributed by atoms with Crippen LogP contribution < -0.4 is 5.32 Å². The highest BCUT2D eigenvalue weighted by Crippen LogP contribution is 2.26. The number of carbonyl (C=O) groups is 1. The maximum Gasteiger partial charge on any atom is 0.273 e. The van der Waals surface area contributed by atoms with Crippen LogP contribution in [0.4, 0.5) is 0 Å². The topological polar surface area (TPSA) is 63.1 Å². The van der Waals surface area contributed by atoms with Crippen LogP contribution in [0.25, 0.3) is 0 Å². The average molecular weight is 410 g/mol. The molecule has 0 bridgehead atoms. The summed E-state index contributed by atoms with van der Waals surface area (Å²) in [5.74, 6) is 0.380. The smallest absolute Gasteiger partial charge is 0.273 e. The third kappa shape index (κ3) is 5.02. The van der Waals surface area contributed by atoms with Crippen LogP contribution in [0.2, 0.25) is 5.02 Å². The fourth-order valence-corrected chi connectivity index (χ4v) is 3.93. The Morgan fingerprint density at radius 3 is 2.76 bits per heavy atom. The second kappa shape index (κ2) is 9.20. The summed E-state index contributed by atoms with van der Waals surface area (Å²) < 4.78 is 1.63. The van der Waals surface area contributed by atoms with Crippen molar-refractivity contribution in [1.82, 2.24) is 25.2 Å². The summed E-state index contributed by atoms with van der Waals surface area (Å²) >= 11 is 6.18. The lowest BCUT2D eigenvalue weighted by Gasteiger charge is -2.16. The number of halogens is 1. The van der Waals surface area contributed by atoms with Crippen molar-refractivity contribution in [3.05, 3.63) is 82.6 Å². The summed E-state index contributed by atoms with van der Waals surface area (Å²) in [6, 6.07) is 18.2. The molecule has 2 aromatic carbocycles. The molecule has 1 fully saturated rings. The molecule has 1 aliphatic rings. The summed E-state index contributed by atoms with van der Waals surface area (Å²) in [5.41, 5.74) is 2.66. The van der Waals surface area contributed by atoms with Gasteiger partial charge in [0.15, 0.2) is 5.69 Å². The summed E-state index contributed by atoms with van der Waals surface area (Å²) in [5, 5.41) is 11.6. The Morgan fingerprint density at radius 2 is 1.93 bits per heavy atom. The molecule has 1 N–H and O–H groups in total. The summed E-state index contributed by atoms with van der Waals surface area (Å²) in [4.78, 5) is 14.8. The molecule has 3 aromatic rings. The molecule has 0 spiro atoms. The summed E-state index contributed by atoms with van der Waals surface area (Å²) in [6.07, 6.45) is 2.81. The molecule has 4 rings (SSSR count). The molecule has 1 unspecified atom stereocenters. The van der Waals surface area contributed by atoms with E-state index in [4.69, 9.17) is 11.6 Å². The first-order valence-electron chi connectivity index (χ1n) is 9.88. The van der Waals surface area contributed by atoms with Crippen LogP contribution in [0.3, 0.4) is 0 Å². The number of nitrogens with zero attached hydrogens (tertiary/aromatic N) is 4. The number of rotatable bonds is 7. The van der Waals surface area contributed by atoms with Crippen LogP contribution in [0, 0.1) is 0 Å². The number of benzene rings is 2. The van der Waals surface area contributed by atoms with Gasteiger partial charge in [-0.05, 0) is 36.1 Å². The Kier molecular flexibility index (Phi) is 6.22. The van der Waals surface area contributed by atoms with E-state index in [0.717, 1.165) is 31.6 Å². The number of hydrogen-bond acceptors (Lipinski definition) is 4. The second-order valence-corrected chi connectivity index (χ2v) is 7.75. The number of amides is 1. The fourth-order valence-electron chi connectivity index (χ4n) is 3.73. The molecular formula is C22H24ClN5O. The molecule has 29 heavy (non-hydrogen) atoms. The molecule has 1 saturated heterocycles. The molecule has 1 atom stereocenters. The quantitative estimate of drug-likeness (QED) is 0.651. The molecule has 7 heteroatoms. The van der Waals surface area contributed by atoms with E-state index in [-0.39, 0.29) is 5.91 Å². The van der Waals surface area contributed by atoms with Crippen molar-refractivity contribution >= 4 is 17.5 Å². The number of carbonyl (C=O) groups excluding carboxylic acids is 1. The van der Waals surface area contributed by atoms with E-state index >= 15 is 0 Å². The van der Waals surface area contributed by atoms with Crippen molar-refractivity contribution in [2.45, 2.75) is 18.9 Å². The standard InChI is InChI=1S/C22H24ClN5O/c23-20-9-5-4-8-19(20)15-28-16-21(25-26-28)22(29)24-11-13-27-12-10-18(14-27)17-6-2-1-3-7-17/h1-9,16,18H,10-15H2,(H,24,29). The van der Waals surface area contributed by atoms with Gasteiger partial charge in [-0.3, -0.25) is 4.79 Å². The third-order valence-corrected chi connectivity index (χ3v) is 5.69. The lowest BCUT2D eigenvalue weighted by atomic mass is 9.99. The molecule has 0 radical (unpaired) electrons. The van der Waals surface area contributed by atoms with Gasteiger partial charge in [-0.25, -0.2) is 4.68 Å². The van der Waals surface area contributed by atoms with Gasteiger partial charge >= 0.3 is 0 Å². The maximum absolute atomic E-state index is 12.4. The third-order valence-electron chi connectivity index (χ3n) is 5.32. The van der Waals surface area contributed by atoms with Gasteiger partial charge in [0.05, 0.1) is 12.7 Å². The lowest BCUT2D eigenvalue weighted by Crippen LogP contribution is -2.34. The fraction of sp³-hybridized carbons (Fsp3) is 0.318. The lowest BCUT2D eigenvalue weighted by molar-refractivity contribution is 0.0944. The van der Waals surface area contributed by atoms with Crippen molar-refractivity contribution in [3.8, 4) is 0 Å². The zero-order valence-electron chi connectivity index (χ0n) is 16.2. The van der Waals surface area contributed by atoms with E-state index in [2.05, 4.69) is 50.9 Å². The van der Waals surface area contributed by atoms with Crippen molar-refractivity contribution in [2.24, 2.45) is 0 Å². The second-order valence-electron chi connectivity index (χ2n) is 7.35. The van der Waals surface area contributed by atoms with Gasteiger partial charge < -0.3 is 10.2 Å². The highest BCUT2D eigenvalue weighted by atomic mass is 35.5. The van der Waals surface area contributed by atoms with Gasteiger partial charge in [0, 0.05) is 24.7 Å². The van der Waals surface area contributed by atoms with Crippen LogP contribution in [-0.4, -0.2) is 52.0 Å². The molecule has 1 aromatic heterocycles. The largest absolute Gasteiger partial charge is 0.349 e. The van der Waals surface area contributed by atoms with Crippen LogP contribution in [-0.2, 0) is 6.54 Å². The Morgan fingerprint density at radius 1 is 1.14 bits per heavy atom. The molecule has 1 aliphatic heterocycles. The zero-order chi connectivity index (χ0) is 20.1. The molecule has 1 amide bonds. The van der Waals surface area contributed by atoms with E-state index in [1.807, 2.05) is 24.3 Å². The van der Waals surface area contributed by atoms with Gasteiger partial charge in [-0.2, -0.15) is 0 Å². The first-order chi connectivity index (χ1) is 14.2. The van der Waals surface area contributed by atoms with Gasteiger partial charge in [-0.1, -0.05) is 65.3 Å². The SMILES string of the molecule is O=C(NCCN1CCC(c2ccccc2)C1)c1cn(Cc2ccccc2Cl)nn1. The highest BCUT2D eigenvalue weighted by molar-refractivity contribution is 6.31. The number of aromatic nitrogens is 3. The van der Waals surface area contributed by atoms with Crippen molar-refractivity contribution in [3.63, 3.8) is 0 Å². The van der Waals surface area contributed by atoms with E-state index in [1.54, 1.807) is 10.9 Å². The van der Waals surface area contributed by atoms with E-state index < -0.39 is 0 Å². The Hall–Kier alpha value is -2.70. The summed E-state index contributed by atoms with van der Waals surface area (Å²) in [6.45, 7) is 4.01. The van der Waals surface area contributed by atoms with E-state index in [9.17, 15) is 4.79 Å². The molecule has 0 saturated carbocycles. The minimum atomic E-state index is -0.200. The van der Waals surface area contributed by atoms with Crippen molar-refractivity contribution in [1.29, 1.82) is 0 Å². The highest BCUT2D eigenvalue weighted by Gasteiger charge is 2.23. The van der Waals surface area contributed by atoms with Crippen molar-refractivity contribution < 1.29 is 4.79 Å². The molecular weight excluding hydrogens is 386 g/mol. The molecule has 6 nitrogen and oxygen atoms in total. The normalized spacial score (nSPS) is 16.8. The molecule has 0 aliphatic carbocycles. The average Bonchev–Trinajstić information content (AvgIpc) is 3.40. The minimum absolute atomic E-state index is 0.200. The maximum atomic E-state index is 12.4. The van der Waals surface area contributed by atoms with Gasteiger partial charge in [0.25, 0.3) is 5.91 Å². The van der Waals surface area contributed by atoms with Crippen molar-refractivity contribution in [2.75, 3.05) is 26.2 Å². The number of nitrogens with one attached hydrogen (secondary N) is 1. The predicted molar refractivity (Wildman–Crippen MR) is 113 cm³/mol. The monoisotopic (exact) mass is 409 g/mol. The van der Waals surface area contributed by atoms with Gasteiger partial charge in [0.1, 0.15) is 0 Å². The van der Waals surface area contributed by atoms with Gasteiger partial charge in [0.2, 0.25) is 0 Å². The first kappa shape index (κ1) is 19.6. The Labute approximate surface area is 175 Å². The van der Waals surface area contributed by atoms with Gasteiger partial charge in [-0.15, -0.1) is 5.10 Å². The molecule has 2 heterocycles. The number of hydrogen-bond donors (Lipinski definition) is 1. The Bertz CT molecular complexity index is 959. The summed E-state index contributed by atoms with van der Waals surface area (Å²) in [7, 11) is 0.